The standard InChI is InChI=1S/C29H37N3O6/c1-7-30-28(33)37-26-20(3)31-21(4)27(38-29(34)35-17-16-32(5)6)25(26)23-10-8-9-11-24(23)36-18-22-14-12-19(2)13-15-22/h8-15,25,31H,7,16-18H2,1-6H3,(H,30,33). The Bertz CT molecular complexity index is 1190. The van der Waals surface area contributed by atoms with Crippen molar-refractivity contribution in [2.45, 2.75) is 40.2 Å². The molecule has 1 unspecified atom stereocenters. The number of dihydropyridines is 1. The van der Waals surface area contributed by atoms with Crippen LogP contribution < -0.4 is 15.4 Å². The van der Waals surface area contributed by atoms with Crippen molar-refractivity contribution in [1.29, 1.82) is 0 Å². The Kier molecular flexibility index (Phi) is 10.2. The monoisotopic (exact) mass is 523 g/mol. The molecule has 9 heteroatoms. The smallest absolute Gasteiger partial charge is 0.489 e. The Morgan fingerprint density at radius 2 is 1.61 bits per heavy atom. The molecule has 1 aliphatic rings. The van der Waals surface area contributed by atoms with Crippen molar-refractivity contribution in [3.63, 3.8) is 0 Å². The summed E-state index contributed by atoms with van der Waals surface area (Å²) in [5, 5.41) is 5.81. The minimum absolute atomic E-state index is 0.170. The zero-order chi connectivity index (χ0) is 27.7. The van der Waals surface area contributed by atoms with Gasteiger partial charge in [-0.25, -0.2) is 9.59 Å². The molecule has 204 valence electrons. The van der Waals surface area contributed by atoms with E-state index in [-0.39, 0.29) is 12.4 Å². The van der Waals surface area contributed by atoms with Gasteiger partial charge in [-0.2, -0.15) is 0 Å². The minimum atomic E-state index is -0.844. The molecule has 1 heterocycles. The first-order valence-electron chi connectivity index (χ1n) is 12.6. The van der Waals surface area contributed by atoms with Crippen LogP contribution in [0.25, 0.3) is 0 Å². The van der Waals surface area contributed by atoms with E-state index in [0.717, 1.165) is 11.1 Å². The van der Waals surface area contributed by atoms with Crippen molar-refractivity contribution in [2.24, 2.45) is 0 Å². The van der Waals surface area contributed by atoms with Gasteiger partial charge in [0.1, 0.15) is 36.4 Å². The molecule has 38 heavy (non-hydrogen) atoms. The van der Waals surface area contributed by atoms with Crippen LogP contribution in [0, 0.1) is 6.92 Å². The molecule has 0 spiro atoms. The normalized spacial score (nSPS) is 15.2. The van der Waals surface area contributed by atoms with E-state index in [1.807, 2.05) is 74.4 Å². The number of nitrogens with zero attached hydrogens (tertiary/aromatic N) is 1. The van der Waals surface area contributed by atoms with E-state index in [1.165, 1.54) is 0 Å². The maximum absolute atomic E-state index is 12.7. The van der Waals surface area contributed by atoms with Gasteiger partial charge in [0.25, 0.3) is 0 Å². The summed E-state index contributed by atoms with van der Waals surface area (Å²) < 4.78 is 23.0. The van der Waals surface area contributed by atoms with E-state index < -0.39 is 18.2 Å². The van der Waals surface area contributed by atoms with Gasteiger partial charge in [-0.1, -0.05) is 48.0 Å². The Morgan fingerprint density at radius 1 is 0.947 bits per heavy atom. The lowest BCUT2D eigenvalue weighted by Crippen LogP contribution is -2.32. The molecule has 9 nitrogen and oxygen atoms in total. The zero-order valence-corrected chi connectivity index (χ0v) is 22.9. The molecule has 2 aromatic carbocycles. The van der Waals surface area contributed by atoms with Gasteiger partial charge in [0.2, 0.25) is 0 Å². The topological polar surface area (TPSA) is 98.4 Å². The number of rotatable bonds is 10. The highest BCUT2D eigenvalue weighted by Crippen LogP contribution is 2.43. The number of amides is 1. The van der Waals surface area contributed by atoms with Gasteiger partial charge in [-0.05, 0) is 53.4 Å². The van der Waals surface area contributed by atoms with Gasteiger partial charge in [0.05, 0.1) is 11.4 Å². The highest BCUT2D eigenvalue weighted by molar-refractivity contribution is 5.70. The average molecular weight is 524 g/mol. The van der Waals surface area contributed by atoms with Crippen molar-refractivity contribution in [3.05, 3.63) is 88.1 Å². The van der Waals surface area contributed by atoms with Crippen LogP contribution in [0.15, 0.2) is 71.4 Å². The number of aryl methyl sites for hydroxylation is 1. The summed E-state index contributed by atoms with van der Waals surface area (Å²) in [6.07, 6.45) is -1.46. The summed E-state index contributed by atoms with van der Waals surface area (Å²) in [4.78, 5) is 27.0. The third-order valence-electron chi connectivity index (χ3n) is 5.86. The molecule has 3 rings (SSSR count). The molecule has 0 radical (unpaired) electrons. The summed E-state index contributed by atoms with van der Waals surface area (Å²) in [5.74, 6) is 0.384. The first kappa shape index (κ1) is 28.6. The van der Waals surface area contributed by atoms with Gasteiger partial charge in [0.15, 0.2) is 0 Å². The Balaban J connectivity index is 1.97. The summed E-state index contributed by atoms with van der Waals surface area (Å²) in [7, 11) is 3.77. The first-order chi connectivity index (χ1) is 18.2. The van der Waals surface area contributed by atoms with E-state index in [2.05, 4.69) is 10.6 Å². The molecule has 0 aliphatic carbocycles. The lowest BCUT2D eigenvalue weighted by Gasteiger charge is -2.31. The molecule has 2 aromatic rings. The van der Waals surface area contributed by atoms with Crippen molar-refractivity contribution in [2.75, 3.05) is 33.8 Å². The fourth-order valence-corrected chi connectivity index (χ4v) is 3.92. The second-order valence-electron chi connectivity index (χ2n) is 9.27. The van der Waals surface area contributed by atoms with Crippen LogP contribution in [0.5, 0.6) is 5.75 Å². The Morgan fingerprint density at radius 3 is 2.26 bits per heavy atom. The molecular formula is C29H37N3O6. The van der Waals surface area contributed by atoms with Gasteiger partial charge in [-0.3, -0.25) is 0 Å². The Hall–Kier alpha value is -3.98. The number of para-hydroxylation sites is 1. The Labute approximate surface area is 224 Å². The minimum Gasteiger partial charge on any atom is -0.489 e. The first-order valence-corrected chi connectivity index (χ1v) is 12.6. The third kappa shape index (κ3) is 7.76. The molecular weight excluding hydrogens is 486 g/mol. The van der Waals surface area contributed by atoms with Crippen LogP contribution in [0.4, 0.5) is 9.59 Å². The average Bonchev–Trinajstić information content (AvgIpc) is 2.87. The number of hydrogen-bond donors (Lipinski definition) is 2. The number of nitrogens with one attached hydrogen (secondary N) is 2. The van der Waals surface area contributed by atoms with E-state index in [0.29, 0.717) is 48.2 Å². The number of benzene rings is 2. The molecule has 0 fully saturated rings. The number of likely N-dealkylation sites (N-methyl/N-ethyl adjacent to an activating group) is 1. The molecule has 0 aromatic heterocycles. The fourth-order valence-electron chi connectivity index (χ4n) is 3.92. The van der Waals surface area contributed by atoms with Crippen molar-refractivity contribution < 1.29 is 28.5 Å². The number of carbonyl (C=O) groups excluding carboxylic acids is 2. The van der Waals surface area contributed by atoms with E-state index in [1.54, 1.807) is 20.8 Å². The molecule has 0 bridgehead atoms. The van der Waals surface area contributed by atoms with E-state index in [4.69, 9.17) is 18.9 Å². The number of carbonyl (C=O) groups is 2. The maximum Gasteiger partial charge on any atom is 0.513 e. The van der Waals surface area contributed by atoms with Crippen molar-refractivity contribution >= 4 is 12.2 Å². The third-order valence-corrected chi connectivity index (χ3v) is 5.86. The second kappa shape index (κ2) is 13.5. The van der Waals surface area contributed by atoms with Gasteiger partial charge in [-0.15, -0.1) is 0 Å². The summed E-state index contributed by atoms with van der Waals surface area (Å²) in [6, 6.07) is 15.5. The maximum atomic E-state index is 12.7. The second-order valence-corrected chi connectivity index (χ2v) is 9.27. The molecule has 1 aliphatic heterocycles. The lowest BCUT2D eigenvalue weighted by atomic mass is 9.90. The van der Waals surface area contributed by atoms with Crippen LogP contribution in [0.1, 0.15) is 43.4 Å². The van der Waals surface area contributed by atoms with Gasteiger partial charge < -0.3 is 34.5 Å². The molecule has 1 amide bonds. The van der Waals surface area contributed by atoms with Gasteiger partial charge in [0, 0.05) is 18.7 Å². The predicted octanol–water partition coefficient (Wildman–Crippen LogP) is 5.18. The van der Waals surface area contributed by atoms with Crippen LogP contribution in [-0.4, -0.2) is 50.9 Å². The van der Waals surface area contributed by atoms with Crippen molar-refractivity contribution in [1.82, 2.24) is 15.5 Å². The summed E-state index contributed by atoms with van der Waals surface area (Å²) in [6.45, 7) is 8.88. The van der Waals surface area contributed by atoms with Gasteiger partial charge >= 0.3 is 12.2 Å². The number of ether oxygens (including phenoxy) is 4. The predicted molar refractivity (Wildman–Crippen MR) is 144 cm³/mol. The molecule has 1 atom stereocenters. The number of allylic oxidation sites excluding steroid dienone is 2. The molecule has 2 N–H and O–H groups in total. The van der Waals surface area contributed by atoms with Crippen LogP contribution in [-0.2, 0) is 20.8 Å². The largest absolute Gasteiger partial charge is 0.513 e. The quantitative estimate of drug-likeness (QED) is 0.411. The number of alkyl carbamates (subject to hydrolysis) is 1. The van der Waals surface area contributed by atoms with E-state index >= 15 is 0 Å². The van der Waals surface area contributed by atoms with E-state index in [9.17, 15) is 9.59 Å². The summed E-state index contributed by atoms with van der Waals surface area (Å²) >= 11 is 0. The number of hydrogen-bond acceptors (Lipinski definition) is 8. The molecule has 0 saturated heterocycles. The highest BCUT2D eigenvalue weighted by Gasteiger charge is 2.37. The fraction of sp³-hybridized carbons (Fsp3) is 0.379. The lowest BCUT2D eigenvalue weighted by molar-refractivity contribution is 0.0657. The van der Waals surface area contributed by atoms with Crippen LogP contribution >= 0.6 is 0 Å². The summed E-state index contributed by atoms with van der Waals surface area (Å²) in [5.41, 5.74) is 4.05. The van der Waals surface area contributed by atoms with Crippen LogP contribution in [0.3, 0.4) is 0 Å². The van der Waals surface area contributed by atoms with Crippen molar-refractivity contribution in [3.8, 4) is 5.75 Å². The van der Waals surface area contributed by atoms with Crippen LogP contribution in [0.2, 0.25) is 0 Å². The molecule has 0 saturated carbocycles. The highest BCUT2D eigenvalue weighted by atomic mass is 16.7. The zero-order valence-electron chi connectivity index (χ0n) is 22.9. The SMILES string of the molecule is CCNC(=O)OC1=C(C)NC(C)=C(OC(=O)OCCN(C)C)C1c1ccccc1OCc1ccc(C)cc1.